The highest BCUT2D eigenvalue weighted by molar-refractivity contribution is 6.13. The minimum atomic E-state index is -0.846. The predicted molar refractivity (Wildman–Crippen MR) is 168 cm³/mol. The molecule has 4 aromatic rings. The third-order valence-corrected chi connectivity index (χ3v) is 7.98. The van der Waals surface area contributed by atoms with Crippen molar-refractivity contribution in [1.29, 1.82) is 0 Å². The first-order valence-electron chi connectivity index (χ1n) is 15.0. The molecular weight excluding hydrogens is 579 g/mol. The minimum Gasteiger partial charge on any atom is -0.493 e. The van der Waals surface area contributed by atoms with E-state index in [1.54, 1.807) is 36.4 Å². The van der Waals surface area contributed by atoms with Crippen LogP contribution in [-0.2, 0) is 14.3 Å². The fourth-order valence-electron chi connectivity index (χ4n) is 5.58. The van der Waals surface area contributed by atoms with E-state index in [0.29, 0.717) is 47.7 Å². The second-order valence-corrected chi connectivity index (χ2v) is 10.9. The number of nitrogens with one attached hydrogen (secondary N) is 1. The highest BCUT2D eigenvalue weighted by Gasteiger charge is 2.37. The molecule has 2 amide bonds. The van der Waals surface area contributed by atoms with E-state index in [1.165, 1.54) is 18.2 Å². The van der Waals surface area contributed by atoms with Gasteiger partial charge in [0, 0.05) is 61.3 Å². The van der Waals surface area contributed by atoms with E-state index in [2.05, 4.69) is 15.2 Å². The van der Waals surface area contributed by atoms with Gasteiger partial charge in [-0.3, -0.25) is 19.5 Å². The first-order chi connectivity index (χ1) is 22.0. The van der Waals surface area contributed by atoms with Crippen molar-refractivity contribution in [1.82, 2.24) is 9.88 Å². The van der Waals surface area contributed by atoms with Crippen molar-refractivity contribution in [3.05, 3.63) is 78.7 Å². The average Bonchev–Trinajstić information content (AvgIpc) is 3.46. The maximum atomic E-state index is 15.2. The number of pyridine rings is 1. The first-order valence-corrected chi connectivity index (χ1v) is 15.0. The number of halogens is 1. The Bertz CT molecular complexity index is 1660. The number of rotatable bonds is 11. The van der Waals surface area contributed by atoms with Crippen LogP contribution < -0.4 is 24.4 Å². The fourth-order valence-corrected chi connectivity index (χ4v) is 5.58. The zero-order chi connectivity index (χ0) is 31.2. The number of nitrogens with zero attached hydrogens (tertiary/aromatic N) is 3. The van der Waals surface area contributed by atoms with Crippen molar-refractivity contribution in [3.63, 3.8) is 0 Å². The van der Waals surface area contributed by atoms with E-state index >= 15 is 4.39 Å². The molecule has 2 saturated heterocycles. The minimum absolute atomic E-state index is 0.0323. The summed E-state index contributed by atoms with van der Waals surface area (Å²) in [4.78, 5) is 34.2. The van der Waals surface area contributed by atoms with Crippen LogP contribution in [0.4, 0.5) is 15.8 Å². The Balaban J connectivity index is 1.10. The van der Waals surface area contributed by atoms with E-state index in [1.807, 2.05) is 30.3 Å². The molecule has 234 valence electrons. The Kier molecular flexibility index (Phi) is 9.37. The summed E-state index contributed by atoms with van der Waals surface area (Å²) in [6.07, 6.45) is 2.82. The predicted octanol–water partition coefficient (Wildman–Crippen LogP) is 5.27. The summed E-state index contributed by atoms with van der Waals surface area (Å²) in [6, 6.07) is 18.6. The number of hydrogen-bond donors (Lipinski definition) is 1. The van der Waals surface area contributed by atoms with Crippen LogP contribution >= 0.6 is 0 Å². The molecule has 2 fully saturated rings. The van der Waals surface area contributed by atoms with Crippen molar-refractivity contribution >= 4 is 34.1 Å². The summed E-state index contributed by atoms with van der Waals surface area (Å²) in [7, 11) is 1.56. The molecule has 1 N–H and O–H groups in total. The summed E-state index contributed by atoms with van der Waals surface area (Å²) >= 11 is 0. The van der Waals surface area contributed by atoms with Crippen LogP contribution in [0.25, 0.3) is 10.9 Å². The number of para-hydroxylation sites is 1. The molecule has 6 rings (SSSR count). The second kappa shape index (κ2) is 13.9. The van der Waals surface area contributed by atoms with Gasteiger partial charge in [0.25, 0.3) is 0 Å². The third kappa shape index (κ3) is 7.00. The van der Waals surface area contributed by atoms with Gasteiger partial charge in [0.2, 0.25) is 11.8 Å². The van der Waals surface area contributed by atoms with Gasteiger partial charge in [-0.25, -0.2) is 4.39 Å². The number of benzene rings is 3. The molecule has 0 aliphatic carbocycles. The smallest absolute Gasteiger partial charge is 0.239 e. The summed E-state index contributed by atoms with van der Waals surface area (Å²) < 4.78 is 38.2. The maximum Gasteiger partial charge on any atom is 0.239 e. The van der Waals surface area contributed by atoms with Crippen LogP contribution in [0.1, 0.15) is 12.8 Å². The largest absolute Gasteiger partial charge is 0.493 e. The zero-order valence-corrected chi connectivity index (χ0v) is 25.0. The third-order valence-electron chi connectivity index (χ3n) is 7.98. The number of carbonyl (C=O) groups is 2. The molecule has 0 spiro atoms. The molecule has 1 aromatic heterocycles. The van der Waals surface area contributed by atoms with Crippen molar-refractivity contribution in [2.75, 3.05) is 63.3 Å². The Morgan fingerprint density at radius 3 is 2.60 bits per heavy atom. The molecule has 10 nitrogen and oxygen atoms in total. The first kappa shape index (κ1) is 30.3. The molecule has 0 bridgehead atoms. The lowest BCUT2D eigenvalue weighted by Crippen LogP contribution is -2.37. The number of fused-ring (bicyclic) bond motifs is 1. The quantitative estimate of drug-likeness (QED) is 0.180. The van der Waals surface area contributed by atoms with Gasteiger partial charge in [0.15, 0.2) is 23.1 Å². The standard InChI is InChI=1S/C34H35FN4O6/c1-42-31-21-26-28(22-32(31)44-17-5-13-38-15-18-43-19-16-38)36-12-10-29(26)45-30-9-8-23(20-27(30)35)37-33(40)25-11-14-39(34(25)41)24-6-3-2-4-7-24/h2-4,6-10,12,20-22,25H,5,11,13-19H2,1H3,(H,37,40). The second-order valence-electron chi connectivity index (χ2n) is 10.9. The summed E-state index contributed by atoms with van der Waals surface area (Å²) in [5, 5.41) is 3.30. The summed E-state index contributed by atoms with van der Waals surface area (Å²) in [5.41, 5.74) is 1.58. The average molecular weight is 615 g/mol. The summed E-state index contributed by atoms with van der Waals surface area (Å²) in [6.45, 7) is 5.27. The normalized spacial score (nSPS) is 17.0. The van der Waals surface area contributed by atoms with E-state index in [0.717, 1.165) is 45.0 Å². The van der Waals surface area contributed by atoms with Gasteiger partial charge in [-0.1, -0.05) is 18.2 Å². The van der Waals surface area contributed by atoms with Crippen molar-refractivity contribution < 1.29 is 32.9 Å². The Hall–Kier alpha value is -4.74. The van der Waals surface area contributed by atoms with Crippen molar-refractivity contribution in [2.45, 2.75) is 12.8 Å². The molecule has 2 aliphatic heterocycles. The highest BCUT2D eigenvalue weighted by atomic mass is 19.1. The molecule has 0 radical (unpaired) electrons. The Labute approximate surface area is 260 Å². The van der Waals surface area contributed by atoms with E-state index in [-0.39, 0.29) is 17.3 Å². The number of ether oxygens (including phenoxy) is 4. The Morgan fingerprint density at radius 1 is 1.00 bits per heavy atom. The van der Waals surface area contributed by atoms with Crippen LogP contribution in [0.5, 0.6) is 23.0 Å². The van der Waals surface area contributed by atoms with Gasteiger partial charge in [0.05, 0.1) is 32.4 Å². The fraction of sp³-hybridized carbons (Fsp3) is 0.324. The van der Waals surface area contributed by atoms with Gasteiger partial charge in [-0.15, -0.1) is 0 Å². The number of amides is 2. The van der Waals surface area contributed by atoms with Gasteiger partial charge in [0.1, 0.15) is 11.7 Å². The molecule has 45 heavy (non-hydrogen) atoms. The molecule has 1 atom stereocenters. The van der Waals surface area contributed by atoms with Crippen molar-refractivity contribution in [3.8, 4) is 23.0 Å². The number of hydrogen-bond acceptors (Lipinski definition) is 8. The number of aromatic nitrogens is 1. The lowest BCUT2D eigenvalue weighted by molar-refractivity contribution is -0.129. The molecule has 11 heteroatoms. The van der Waals surface area contributed by atoms with Crippen LogP contribution in [0.2, 0.25) is 0 Å². The SMILES string of the molecule is COc1cc2c(Oc3ccc(NC(=O)C4CCN(c5ccccc5)C4=O)cc3F)ccnc2cc1OCCCN1CCOCC1. The molecule has 3 heterocycles. The number of carbonyl (C=O) groups excluding carboxylic acids is 2. The van der Waals surface area contributed by atoms with E-state index in [9.17, 15) is 9.59 Å². The molecular formula is C34H35FN4O6. The van der Waals surface area contributed by atoms with Crippen LogP contribution in [0.15, 0.2) is 72.9 Å². The van der Waals surface area contributed by atoms with Crippen LogP contribution in [-0.4, -0.2) is 74.8 Å². The number of anilines is 2. The maximum absolute atomic E-state index is 15.2. The highest BCUT2D eigenvalue weighted by Crippen LogP contribution is 2.38. The van der Waals surface area contributed by atoms with Gasteiger partial charge in [-0.2, -0.15) is 0 Å². The molecule has 2 aliphatic rings. The van der Waals surface area contributed by atoms with Gasteiger partial charge >= 0.3 is 0 Å². The Morgan fingerprint density at radius 2 is 1.82 bits per heavy atom. The van der Waals surface area contributed by atoms with Crippen LogP contribution in [0.3, 0.4) is 0 Å². The summed E-state index contributed by atoms with van der Waals surface area (Å²) in [5.74, 6) is -0.846. The number of methoxy groups -OCH3 is 1. The lowest BCUT2D eigenvalue weighted by Gasteiger charge is -2.26. The molecule has 0 saturated carbocycles. The molecule has 1 unspecified atom stereocenters. The monoisotopic (exact) mass is 614 g/mol. The van der Waals surface area contributed by atoms with Gasteiger partial charge in [-0.05, 0) is 49.2 Å². The van der Waals surface area contributed by atoms with Crippen molar-refractivity contribution in [2.24, 2.45) is 5.92 Å². The lowest BCUT2D eigenvalue weighted by atomic mass is 10.1. The van der Waals surface area contributed by atoms with Gasteiger partial charge < -0.3 is 29.2 Å². The van der Waals surface area contributed by atoms with E-state index in [4.69, 9.17) is 18.9 Å². The number of morpholine rings is 1. The van der Waals surface area contributed by atoms with E-state index < -0.39 is 17.6 Å². The molecule has 3 aromatic carbocycles. The zero-order valence-electron chi connectivity index (χ0n) is 25.0. The van der Waals surface area contributed by atoms with Crippen LogP contribution in [0, 0.1) is 11.7 Å². The topological polar surface area (TPSA) is 102 Å².